The van der Waals surface area contributed by atoms with Crippen LogP contribution in [0.15, 0.2) is 89.4 Å². The van der Waals surface area contributed by atoms with Gasteiger partial charge in [0.15, 0.2) is 0 Å². The van der Waals surface area contributed by atoms with Crippen molar-refractivity contribution in [3.63, 3.8) is 0 Å². The molecule has 1 heterocycles. The van der Waals surface area contributed by atoms with Gasteiger partial charge in [-0.25, -0.2) is 4.98 Å². The number of aromatic nitrogens is 1. The summed E-state index contributed by atoms with van der Waals surface area (Å²) in [6, 6.07) is 29.9. The molecule has 0 aliphatic rings. The van der Waals surface area contributed by atoms with Gasteiger partial charge in [0, 0.05) is 21.2 Å². The summed E-state index contributed by atoms with van der Waals surface area (Å²) in [7, 11) is 1.65. The minimum absolute atomic E-state index is 0.566. The van der Waals surface area contributed by atoms with Crippen molar-refractivity contribution < 1.29 is 4.74 Å². The van der Waals surface area contributed by atoms with E-state index in [9.17, 15) is 5.26 Å². The summed E-state index contributed by atoms with van der Waals surface area (Å²) in [5.74, 6) is 0.791. The second kappa shape index (κ2) is 8.30. The van der Waals surface area contributed by atoms with E-state index in [-0.39, 0.29) is 0 Å². The maximum Gasteiger partial charge on any atom is 0.118 e. The largest absolute Gasteiger partial charge is 0.497 e. The highest BCUT2D eigenvalue weighted by molar-refractivity contribution is 9.10. The Morgan fingerprint density at radius 3 is 2.10 bits per heavy atom. The third kappa shape index (κ3) is 3.91. The van der Waals surface area contributed by atoms with E-state index in [1.807, 2.05) is 84.9 Å². The van der Waals surface area contributed by atoms with Gasteiger partial charge in [0.2, 0.25) is 0 Å². The van der Waals surface area contributed by atoms with Crippen LogP contribution in [0.25, 0.3) is 33.6 Å². The van der Waals surface area contributed by atoms with Crippen LogP contribution in [-0.4, -0.2) is 12.1 Å². The maximum atomic E-state index is 9.99. The third-order valence-electron chi connectivity index (χ3n) is 4.72. The second-order valence-electron chi connectivity index (χ2n) is 6.49. The smallest absolute Gasteiger partial charge is 0.118 e. The fourth-order valence-electron chi connectivity index (χ4n) is 3.23. The minimum Gasteiger partial charge on any atom is -0.497 e. The Morgan fingerprint density at radius 1 is 0.828 bits per heavy atom. The molecular formula is C25H17BrN2O. The number of nitrogens with zero attached hydrogens (tertiary/aromatic N) is 2. The van der Waals surface area contributed by atoms with Crippen LogP contribution in [0.1, 0.15) is 5.56 Å². The highest BCUT2D eigenvalue weighted by Crippen LogP contribution is 2.35. The average molecular weight is 441 g/mol. The molecule has 0 unspecified atom stereocenters. The summed E-state index contributed by atoms with van der Waals surface area (Å²) in [4.78, 5) is 4.87. The second-order valence-corrected chi connectivity index (χ2v) is 7.41. The van der Waals surface area contributed by atoms with E-state index in [1.54, 1.807) is 7.11 Å². The number of nitriles is 1. The number of hydrogen-bond donors (Lipinski definition) is 0. The Labute approximate surface area is 178 Å². The van der Waals surface area contributed by atoms with Crippen LogP contribution in [-0.2, 0) is 0 Å². The summed E-state index contributed by atoms with van der Waals surface area (Å²) in [6.45, 7) is 0. The summed E-state index contributed by atoms with van der Waals surface area (Å²) < 4.78 is 6.26. The van der Waals surface area contributed by atoms with Crippen LogP contribution in [0.2, 0.25) is 0 Å². The first kappa shape index (κ1) is 18.9. The first-order valence-corrected chi connectivity index (χ1v) is 9.90. The van der Waals surface area contributed by atoms with E-state index in [0.29, 0.717) is 11.3 Å². The lowest BCUT2D eigenvalue weighted by atomic mass is 9.94. The van der Waals surface area contributed by atoms with Crippen LogP contribution in [0.3, 0.4) is 0 Å². The summed E-state index contributed by atoms with van der Waals surface area (Å²) in [6.07, 6.45) is 0. The first-order chi connectivity index (χ1) is 14.2. The van der Waals surface area contributed by atoms with Crippen molar-refractivity contribution in [2.75, 3.05) is 7.11 Å². The molecule has 0 saturated heterocycles. The van der Waals surface area contributed by atoms with Crippen molar-refractivity contribution >= 4 is 15.9 Å². The normalized spacial score (nSPS) is 10.4. The molecule has 4 aromatic rings. The van der Waals surface area contributed by atoms with Crippen LogP contribution in [0, 0.1) is 11.3 Å². The van der Waals surface area contributed by atoms with E-state index < -0.39 is 0 Å². The number of methoxy groups -OCH3 is 1. The number of hydrogen-bond acceptors (Lipinski definition) is 3. The van der Waals surface area contributed by atoms with Crippen molar-refractivity contribution in [1.29, 1.82) is 5.26 Å². The molecule has 4 heteroatoms. The van der Waals surface area contributed by atoms with Crippen molar-refractivity contribution in [2.45, 2.75) is 0 Å². The number of halogens is 1. The Bertz CT molecular complexity index is 1180. The lowest BCUT2D eigenvalue weighted by Crippen LogP contribution is -1.97. The van der Waals surface area contributed by atoms with E-state index in [2.05, 4.69) is 22.0 Å². The van der Waals surface area contributed by atoms with Crippen molar-refractivity contribution in [1.82, 2.24) is 4.98 Å². The quantitative estimate of drug-likeness (QED) is 0.353. The molecule has 140 valence electrons. The number of pyridine rings is 1. The Hall–Kier alpha value is -3.42. The minimum atomic E-state index is 0.566. The molecule has 0 aliphatic heterocycles. The Balaban J connectivity index is 1.98. The molecule has 0 bridgehead atoms. The summed E-state index contributed by atoms with van der Waals surface area (Å²) in [5.41, 5.74) is 5.76. The third-order valence-corrected chi connectivity index (χ3v) is 5.25. The summed E-state index contributed by atoms with van der Waals surface area (Å²) >= 11 is 3.48. The van der Waals surface area contributed by atoms with Crippen LogP contribution < -0.4 is 4.74 Å². The van der Waals surface area contributed by atoms with Gasteiger partial charge in [-0.05, 0) is 48.0 Å². The van der Waals surface area contributed by atoms with E-state index >= 15 is 0 Å². The molecule has 4 rings (SSSR count). The van der Waals surface area contributed by atoms with Gasteiger partial charge in [-0.15, -0.1) is 0 Å². The number of ether oxygens (including phenoxy) is 1. The van der Waals surface area contributed by atoms with Crippen LogP contribution in [0.4, 0.5) is 0 Å². The van der Waals surface area contributed by atoms with Crippen LogP contribution >= 0.6 is 15.9 Å². The van der Waals surface area contributed by atoms with E-state index in [0.717, 1.165) is 38.2 Å². The molecule has 1 aromatic heterocycles. The maximum absolute atomic E-state index is 9.99. The molecule has 0 spiro atoms. The lowest BCUT2D eigenvalue weighted by Gasteiger charge is -2.13. The first-order valence-electron chi connectivity index (χ1n) is 9.10. The molecule has 0 saturated carbocycles. The highest BCUT2D eigenvalue weighted by atomic mass is 79.9. The molecule has 3 aromatic carbocycles. The van der Waals surface area contributed by atoms with Crippen molar-refractivity contribution in [2.24, 2.45) is 0 Å². The predicted molar refractivity (Wildman–Crippen MR) is 120 cm³/mol. The standard InChI is InChI=1S/C25H17BrN2O/c1-29-21-13-9-18(10-14-21)24-15-22(17-7-11-20(26)12-8-17)23(16-27)25(28-24)19-5-3-2-4-6-19/h2-15H,1H3. The molecule has 0 fully saturated rings. The molecule has 0 N–H and O–H groups in total. The zero-order chi connectivity index (χ0) is 20.2. The van der Waals surface area contributed by atoms with Gasteiger partial charge in [0.1, 0.15) is 11.8 Å². The Morgan fingerprint density at radius 2 is 1.48 bits per heavy atom. The average Bonchev–Trinajstić information content (AvgIpc) is 2.79. The molecule has 29 heavy (non-hydrogen) atoms. The topological polar surface area (TPSA) is 45.9 Å². The molecule has 3 nitrogen and oxygen atoms in total. The zero-order valence-electron chi connectivity index (χ0n) is 15.8. The molecule has 0 atom stereocenters. The van der Waals surface area contributed by atoms with E-state index in [1.165, 1.54) is 0 Å². The zero-order valence-corrected chi connectivity index (χ0v) is 17.3. The molecule has 0 amide bonds. The van der Waals surface area contributed by atoms with E-state index in [4.69, 9.17) is 9.72 Å². The van der Waals surface area contributed by atoms with Gasteiger partial charge in [-0.3, -0.25) is 0 Å². The van der Waals surface area contributed by atoms with Gasteiger partial charge in [-0.1, -0.05) is 58.4 Å². The SMILES string of the molecule is COc1ccc(-c2cc(-c3ccc(Br)cc3)c(C#N)c(-c3ccccc3)n2)cc1. The molecule has 0 radical (unpaired) electrons. The summed E-state index contributed by atoms with van der Waals surface area (Å²) in [5, 5.41) is 9.99. The number of benzene rings is 3. The molecular weight excluding hydrogens is 424 g/mol. The van der Waals surface area contributed by atoms with Crippen molar-refractivity contribution in [3.8, 4) is 45.5 Å². The van der Waals surface area contributed by atoms with Crippen LogP contribution in [0.5, 0.6) is 5.75 Å². The Kier molecular flexibility index (Phi) is 5.41. The van der Waals surface area contributed by atoms with Gasteiger partial charge < -0.3 is 4.74 Å². The monoisotopic (exact) mass is 440 g/mol. The number of rotatable bonds is 4. The van der Waals surface area contributed by atoms with Gasteiger partial charge in [0.05, 0.1) is 24.1 Å². The van der Waals surface area contributed by atoms with Gasteiger partial charge in [-0.2, -0.15) is 5.26 Å². The lowest BCUT2D eigenvalue weighted by molar-refractivity contribution is 0.415. The fourth-order valence-corrected chi connectivity index (χ4v) is 3.49. The van der Waals surface area contributed by atoms with Gasteiger partial charge in [0.25, 0.3) is 0 Å². The molecule has 0 aliphatic carbocycles. The predicted octanol–water partition coefficient (Wildman–Crippen LogP) is 6.73. The fraction of sp³-hybridized carbons (Fsp3) is 0.0400. The van der Waals surface area contributed by atoms with Gasteiger partial charge >= 0.3 is 0 Å². The highest BCUT2D eigenvalue weighted by Gasteiger charge is 2.16. The van der Waals surface area contributed by atoms with Crippen molar-refractivity contribution in [3.05, 3.63) is 95.0 Å².